The minimum atomic E-state index is -3.80. The number of amides is 2. The predicted molar refractivity (Wildman–Crippen MR) is 131 cm³/mol. The number of piperidine rings is 1. The molecule has 0 atom stereocenters. The molecule has 0 aliphatic carbocycles. The van der Waals surface area contributed by atoms with Crippen LogP contribution in [0.4, 0.5) is 10.1 Å². The van der Waals surface area contributed by atoms with Gasteiger partial charge in [0.15, 0.2) is 0 Å². The number of rotatable bonds is 8. The molecule has 1 aliphatic rings. The summed E-state index contributed by atoms with van der Waals surface area (Å²) in [5.41, 5.74) is 0.800. The number of carbonyl (C=O) groups excluding carboxylic acids is 2. The van der Waals surface area contributed by atoms with Gasteiger partial charge in [-0.05, 0) is 51.0 Å². The van der Waals surface area contributed by atoms with Gasteiger partial charge < -0.3 is 10.2 Å². The number of benzene rings is 2. The molecule has 1 aliphatic heterocycles. The molecular formula is C24H29ClFN3O4S. The highest BCUT2D eigenvalue weighted by Gasteiger charge is 2.32. The molecule has 0 spiro atoms. The Morgan fingerprint density at radius 2 is 1.74 bits per heavy atom. The van der Waals surface area contributed by atoms with Crippen LogP contribution in [0.15, 0.2) is 42.5 Å². The average molecular weight is 510 g/mol. The molecule has 1 heterocycles. The van der Waals surface area contributed by atoms with Crippen LogP contribution in [0.25, 0.3) is 0 Å². The number of para-hydroxylation sites is 1. The Kier molecular flexibility index (Phi) is 8.67. The summed E-state index contributed by atoms with van der Waals surface area (Å²) in [6.45, 7) is 5.19. The lowest BCUT2D eigenvalue weighted by atomic mass is 9.97. The van der Waals surface area contributed by atoms with Crippen LogP contribution in [0.3, 0.4) is 0 Å². The second-order valence-corrected chi connectivity index (χ2v) is 10.5. The van der Waals surface area contributed by atoms with Crippen LogP contribution in [0.5, 0.6) is 0 Å². The van der Waals surface area contributed by atoms with Gasteiger partial charge in [-0.25, -0.2) is 17.1 Å². The Labute approximate surface area is 204 Å². The summed E-state index contributed by atoms with van der Waals surface area (Å²) in [5, 5.41) is 2.92. The number of hydrogen-bond donors (Lipinski definition) is 1. The van der Waals surface area contributed by atoms with Crippen molar-refractivity contribution in [3.05, 3.63) is 64.4 Å². The van der Waals surface area contributed by atoms with E-state index in [-0.39, 0.29) is 35.5 Å². The van der Waals surface area contributed by atoms with Gasteiger partial charge in [0.2, 0.25) is 15.9 Å². The average Bonchev–Trinajstić information content (AvgIpc) is 2.82. The normalized spacial score (nSPS) is 15.2. The van der Waals surface area contributed by atoms with E-state index in [1.165, 1.54) is 22.5 Å². The van der Waals surface area contributed by atoms with E-state index in [0.717, 1.165) is 0 Å². The molecule has 1 fully saturated rings. The summed E-state index contributed by atoms with van der Waals surface area (Å²) in [7, 11) is -3.80. The number of sulfonamides is 1. The monoisotopic (exact) mass is 509 g/mol. The zero-order valence-corrected chi connectivity index (χ0v) is 20.8. The highest BCUT2D eigenvalue weighted by Crippen LogP contribution is 2.27. The van der Waals surface area contributed by atoms with Crippen molar-refractivity contribution in [2.24, 2.45) is 5.92 Å². The van der Waals surface area contributed by atoms with Crippen molar-refractivity contribution in [2.45, 2.75) is 32.4 Å². The Bertz CT molecular complexity index is 1130. The molecule has 3 rings (SSSR count). The number of nitrogens with one attached hydrogen (secondary N) is 1. The van der Waals surface area contributed by atoms with Crippen molar-refractivity contribution in [1.82, 2.24) is 9.21 Å². The maximum atomic E-state index is 14.1. The first-order valence-corrected chi connectivity index (χ1v) is 13.3. The van der Waals surface area contributed by atoms with Crippen LogP contribution in [-0.4, -0.2) is 55.6 Å². The molecule has 7 nitrogen and oxygen atoms in total. The van der Waals surface area contributed by atoms with Crippen molar-refractivity contribution < 1.29 is 22.4 Å². The Balaban J connectivity index is 1.64. The maximum absolute atomic E-state index is 14.1. The van der Waals surface area contributed by atoms with E-state index in [1.807, 2.05) is 13.8 Å². The lowest BCUT2D eigenvalue weighted by molar-refractivity contribution is -0.120. The summed E-state index contributed by atoms with van der Waals surface area (Å²) < 4.78 is 41.0. The van der Waals surface area contributed by atoms with Crippen molar-refractivity contribution in [3.8, 4) is 0 Å². The zero-order valence-electron chi connectivity index (χ0n) is 19.3. The van der Waals surface area contributed by atoms with E-state index >= 15 is 0 Å². The van der Waals surface area contributed by atoms with Crippen LogP contribution in [0.2, 0.25) is 5.02 Å². The highest BCUT2D eigenvalue weighted by molar-refractivity contribution is 7.88. The second-order valence-electron chi connectivity index (χ2n) is 8.14. The van der Waals surface area contributed by atoms with E-state index < -0.39 is 27.5 Å². The van der Waals surface area contributed by atoms with Gasteiger partial charge in [-0.3, -0.25) is 9.59 Å². The summed E-state index contributed by atoms with van der Waals surface area (Å²) >= 11 is 5.99. The van der Waals surface area contributed by atoms with Gasteiger partial charge in [-0.1, -0.05) is 29.8 Å². The predicted octanol–water partition coefficient (Wildman–Crippen LogP) is 4.14. The summed E-state index contributed by atoms with van der Waals surface area (Å²) in [4.78, 5) is 27.4. The van der Waals surface area contributed by atoms with Gasteiger partial charge in [0.1, 0.15) is 5.82 Å². The van der Waals surface area contributed by atoms with Gasteiger partial charge in [0.05, 0.1) is 17.0 Å². The van der Waals surface area contributed by atoms with Gasteiger partial charge in [-0.2, -0.15) is 0 Å². The van der Waals surface area contributed by atoms with Crippen molar-refractivity contribution in [1.29, 1.82) is 0 Å². The van der Waals surface area contributed by atoms with Gasteiger partial charge >= 0.3 is 0 Å². The maximum Gasteiger partial charge on any atom is 0.255 e. The van der Waals surface area contributed by atoms with Crippen LogP contribution in [-0.2, 0) is 20.6 Å². The van der Waals surface area contributed by atoms with Gasteiger partial charge in [0.25, 0.3) is 5.91 Å². The van der Waals surface area contributed by atoms with Crippen LogP contribution >= 0.6 is 11.6 Å². The molecule has 10 heteroatoms. The van der Waals surface area contributed by atoms with Crippen LogP contribution in [0, 0.1) is 11.7 Å². The molecule has 0 saturated carbocycles. The fourth-order valence-corrected chi connectivity index (χ4v) is 5.95. The number of carbonyl (C=O) groups is 2. The number of hydrogen-bond acceptors (Lipinski definition) is 4. The van der Waals surface area contributed by atoms with Crippen molar-refractivity contribution in [2.75, 3.05) is 31.5 Å². The van der Waals surface area contributed by atoms with E-state index in [0.29, 0.717) is 37.2 Å². The molecule has 0 radical (unpaired) electrons. The standard InChI is InChI=1S/C24H29ClFN3O4S/c1-3-28(4-2)24(31)18-8-5-6-11-22(18)27-23(30)17-12-14-29(15-13-17)34(32,33)16-19-20(25)9-7-10-21(19)26/h5-11,17H,3-4,12-16H2,1-2H3,(H,27,30). The topological polar surface area (TPSA) is 86.8 Å². The fraction of sp³-hybridized carbons (Fsp3) is 0.417. The third kappa shape index (κ3) is 5.95. The number of anilines is 1. The smallest absolute Gasteiger partial charge is 0.255 e. The summed E-state index contributed by atoms with van der Waals surface area (Å²) in [5.74, 6) is -2.01. The molecule has 2 aromatic carbocycles. The van der Waals surface area contributed by atoms with Crippen molar-refractivity contribution in [3.63, 3.8) is 0 Å². The molecule has 1 saturated heterocycles. The minimum Gasteiger partial charge on any atom is -0.339 e. The number of halogens is 2. The lowest BCUT2D eigenvalue weighted by Crippen LogP contribution is -2.42. The summed E-state index contributed by atoms with van der Waals surface area (Å²) in [6, 6.07) is 10.9. The Morgan fingerprint density at radius 3 is 2.35 bits per heavy atom. The highest BCUT2D eigenvalue weighted by atomic mass is 35.5. The van der Waals surface area contributed by atoms with E-state index in [4.69, 9.17) is 11.6 Å². The molecule has 0 bridgehead atoms. The summed E-state index contributed by atoms with van der Waals surface area (Å²) in [6.07, 6.45) is 0.643. The second kappa shape index (κ2) is 11.3. The first kappa shape index (κ1) is 26.1. The third-order valence-corrected chi connectivity index (χ3v) is 8.23. The molecule has 0 aromatic heterocycles. The van der Waals surface area contributed by atoms with E-state index in [9.17, 15) is 22.4 Å². The first-order valence-electron chi connectivity index (χ1n) is 11.3. The third-order valence-electron chi connectivity index (χ3n) is 6.07. The van der Waals surface area contributed by atoms with E-state index in [2.05, 4.69) is 5.32 Å². The van der Waals surface area contributed by atoms with Crippen LogP contribution in [0.1, 0.15) is 42.6 Å². The quantitative estimate of drug-likeness (QED) is 0.579. The zero-order chi connectivity index (χ0) is 24.9. The Morgan fingerprint density at radius 1 is 1.09 bits per heavy atom. The molecule has 1 N–H and O–H groups in total. The lowest BCUT2D eigenvalue weighted by Gasteiger charge is -2.31. The Hall–Kier alpha value is -2.49. The number of nitrogens with zero attached hydrogens (tertiary/aromatic N) is 2. The SMILES string of the molecule is CCN(CC)C(=O)c1ccccc1NC(=O)C1CCN(S(=O)(=O)Cc2c(F)cccc2Cl)CC1. The van der Waals surface area contributed by atoms with Crippen LogP contribution < -0.4 is 5.32 Å². The van der Waals surface area contributed by atoms with E-state index in [1.54, 1.807) is 29.2 Å². The molecule has 2 aromatic rings. The molecule has 34 heavy (non-hydrogen) atoms. The van der Waals surface area contributed by atoms with Gasteiger partial charge in [-0.15, -0.1) is 0 Å². The first-order chi connectivity index (χ1) is 16.2. The molecule has 184 valence electrons. The molecule has 0 unspecified atom stereocenters. The minimum absolute atomic E-state index is 0.0569. The fourth-order valence-electron chi connectivity index (χ4n) is 4.03. The largest absolute Gasteiger partial charge is 0.339 e. The molecule has 2 amide bonds. The van der Waals surface area contributed by atoms with Gasteiger partial charge in [0, 0.05) is 42.7 Å². The molecular weight excluding hydrogens is 481 g/mol. The van der Waals surface area contributed by atoms with Crippen molar-refractivity contribution >= 4 is 39.1 Å².